The van der Waals surface area contributed by atoms with E-state index in [1.54, 1.807) is 62.8 Å². The fourth-order valence-corrected chi connectivity index (χ4v) is 8.18. The van der Waals surface area contributed by atoms with Crippen molar-refractivity contribution >= 4 is 62.8 Å². The van der Waals surface area contributed by atoms with Gasteiger partial charge in [-0.05, 0) is 68.9 Å². The van der Waals surface area contributed by atoms with Crippen LogP contribution in [-0.4, -0.2) is 0 Å². The molecule has 0 atom stereocenters. The van der Waals surface area contributed by atoms with Gasteiger partial charge < -0.3 is 0 Å². The van der Waals surface area contributed by atoms with E-state index in [9.17, 15) is 0 Å². The molecule has 0 amide bonds. The molecular weight excluding hydrogens is 477 g/mol. The molecule has 5 heterocycles. The maximum absolute atomic E-state index is 9.17. The predicted molar refractivity (Wildman–Crippen MR) is 137 cm³/mol. The van der Waals surface area contributed by atoms with Crippen LogP contribution in [0.5, 0.6) is 0 Å². The highest BCUT2D eigenvalue weighted by molar-refractivity contribution is 7.22. The Morgan fingerprint density at radius 1 is 0.613 bits per heavy atom. The van der Waals surface area contributed by atoms with Crippen LogP contribution in [0.4, 0.5) is 0 Å². The Morgan fingerprint density at radius 2 is 1.19 bits per heavy atom. The van der Waals surface area contributed by atoms with Gasteiger partial charge in [0.2, 0.25) is 0 Å². The van der Waals surface area contributed by atoms with Crippen molar-refractivity contribution in [3.63, 3.8) is 0 Å². The van der Waals surface area contributed by atoms with Gasteiger partial charge in [0.05, 0.1) is 9.75 Å². The molecule has 5 rings (SSSR count). The van der Waals surface area contributed by atoms with Crippen molar-refractivity contribution < 1.29 is 0 Å². The molecule has 0 N–H and O–H groups in total. The Hall–Kier alpha value is -2.78. The molecule has 2 nitrogen and oxygen atoms in total. The summed E-state index contributed by atoms with van der Waals surface area (Å²) in [6, 6.07) is 16.8. The van der Waals surface area contributed by atoms with Crippen LogP contribution >= 0.6 is 56.7 Å². The number of allylic oxidation sites excluding steroid dienone is 1. The Kier molecular flexibility index (Phi) is 5.69. The quantitative estimate of drug-likeness (QED) is 0.232. The van der Waals surface area contributed by atoms with E-state index in [0.717, 1.165) is 10.4 Å². The molecule has 7 heteroatoms. The highest BCUT2D eigenvalue weighted by Gasteiger charge is 2.20. The largest absolute Gasteiger partial charge is 0.192 e. The summed E-state index contributed by atoms with van der Waals surface area (Å²) >= 11 is 8.63. The lowest BCUT2D eigenvalue weighted by atomic mass is 10.0. The minimum absolute atomic E-state index is 0.119. The summed E-state index contributed by atoms with van der Waals surface area (Å²) in [6.07, 6.45) is 1.68. The van der Waals surface area contributed by atoms with Gasteiger partial charge in [-0.3, -0.25) is 0 Å². The van der Waals surface area contributed by atoms with Crippen LogP contribution in [0, 0.1) is 22.7 Å². The Bertz CT molecular complexity index is 1440. The fraction of sp³-hybridized carbons (Fsp3) is 0. The molecule has 0 spiro atoms. The third-order valence-corrected chi connectivity index (χ3v) is 9.52. The molecular formula is C24H12N2S5. The number of nitrogens with zero attached hydrogens (tertiary/aromatic N) is 2. The Labute approximate surface area is 199 Å². The average molecular weight is 489 g/mol. The highest BCUT2D eigenvalue weighted by Crippen LogP contribution is 2.49. The molecule has 0 aromatic carbocycles. The van der Waals surface area contributed by atoms with Crippen LogP contribution in [-0.2, 0) is 0 Å². The van der Waals surface area contributed by atoms with Gasteiger partial charge in [0.25, 0.3) is 0 Å². The van der Waals surface area contributed by atoms with E-state index in [0.29, 0.717) is 0 Å². The van der Waals surface area contributed by atoms with Gasteiger partial charge >= 0.3 is 0 Å². The smallest absolute Gasteiger partial charge is 0.130 e. The molecule has 0 radical (unpaired) electrons. The van der Waals surface area contributed by atoms with E-state index in [-0.39, 0.29) is 5.57 Å². The topological polar surface area (TPSA) is 47.6 Å². The van der Waals surface area contributed by atoms with Crippen molar-refractivity contribution in [2.24, 2.45) is 0 Å². The van der Waals surface area contributed by atoms with Crippen LogP contribution in [0.25, 0.3) is 47.2 Å². The Morgan fingerprint density at radius 3 is 1.87 bits per heavy atom. The normalized spacial score (nSPS) is 10.5. The first-order chi connectivity index (χ1) is 15.3. The molecule has 0 saturated heterocycles. The third kappa shape index (κ3) is 3.72. The summed E-state index contributed by atoms with van der Waals surface area (Å²) in [5.74, 6) is 0. The second kappa shape index (κ2) is 8.76. The standard InChI is InChI=1S/C24H12N2S5/c25-13-15(14-26)12-16-3-8-28-21(16)24-19(6-11-31-24)23-18(5-10-30-23)22-17(4-9-29-22)20-2-1-7-27-20/h1-12H. The third-order valence-electron chi connectivity index (χ3n) is 4.71. The van der Waals surface area contributed by atoms with Crippen molar-refractivity contribution in [3.8, 4) is 53.2 Å². The molecule has 5 aromatic heterocycles. The lowest BCUT2D eigenvalue weighted by molar-refractivity contribution is 1.47. The van der Waals surface area contributed by atoms with Crippen molar-refractivity contribution in [1.82, 2.24) is 0 Å². The van der Waals surface area contributed by atoms with Gasteiger partial charge in [0.1, 0.15) is 17.7 Å². The maximum atomic E-state index is 9.17. The lowest BCUT2D eigenvalue weighted by Gasteiger charge is -2.07. The number of nitriles is 2. The number of rotatable bonds is 5. The van der Waals surface area contributed by atoms with E-state index < -0.39 is 0 Å². The summed E-state index contributed by atoms with van der Waals surface area (Å²) in [5.41, 5.74) is 4.78. The average Bonchev–Trinajstić information content (AvgIpc) is 3.61. The molecule has 0 fully saturated rings. The first kappa shape index (κ1) is 20.1. The molecule has 31 heavy (non-hydrogen) atoms. The van der Waals surface area contributed by atoms with Gasteiger partial charge in [0, 0.05) is 31.3 Å². The molecule has 0 aliphatic rings. The summed E-state index contributed by atoms with van der Waals surface area (Å²) in [6.45, 7) is 0. The first-order valence-corrected chi connectivity index (χ1v) is 13.6. The van der Waals surface area contributed by atoms with E-state index in [1.165, 1.54) is 36.2 Å². The zero-order valence-corrected chi connectivity index (χ0v) is 19.9. The zero-order chi connectivity index (χ0) is 21.2. The van der Waals surface area contributed by atoms with Crippen LogP contribution in [0.1, 0.15) is 5.56 Å². The van der Waals surface area contributed by atoms with Gasteiger partial charge in [-0.2, -0.15) is 10.5 Å². The van der Waals surface area contributed by atoms with Gasteiger partial charge in [-0.15, -0.1) is 56.7 Å². The summed E-state index contributed by atoms with van der Waals surface area (Å²) in [5, 5.41) is 28.9. The first-order valence-electron chi connectivity index (χ1n) is 9.17. The maximum Gasteiger partial charge on any atom is 0.130 e. The van der Waals surface area contributed by atoms with Crippen LogP contribution in [0.2, 0.25) is 0 Å². The fourth-order valence-electron chi connectivity index (χ4n) is 3.37. The highest BCUT2D eigenvalue weighted by atomic mass is 32.1. The minimum atomic E-state index is 0.119. The second-order valence-electron chi connectivity index (χ2n) is 6.45. The molecule has 5 aromatic rings. The lowest BCUT2D eigenvalue weighted by Crippen LogP contribution is -1.81. The molecule has 0 saturated carbocycles. The molecule has 0 unspecified atom stereocenters. The molecule has 0 bridgehead atoms. The van der Waals surface area contributed by atoms with Crippen molar-refractivity contribution in [2.75, 3.05) is 0 Å². The van der Waals surface area contributed by atoms with Crippen molar-refractivity contribution in [1.29, 1.82) is 10.5 Å². The van der Waals surface area contributed by atoms with Gasteiger partial charge in [-0.25, -0.2) is 0 Å². The number of thiophene rings is 5. The van der Waals surface area contributed by atoms with E-state index in [4.69, 9.17) is 10.5 Å². The van der Waals surface area contributed by atoms with Gasteiger partial charge in [-0.1, -0.05) is 6.07 Å². The molecule has 148 valence electrons. The van der Waals surface area contributed by atoms with Gasteiger partial charge in [0.15, 0.2) is 0 Å². The van der Waals surface area contributed by atoms with Crippen LogP contribution < -0.4 is 0 Å². The van der Waals surface area contributed by atoms with E-state index >= 15 is 0 Å². The minimum Gasteiger partial charge on any atom is -0.192 e. The van der Waals surface area contributed by atoms with Crippen molar-refractivity contribution in [3.05, 3.63) is 74.4 Å². The van der Waals surface area contributed by atoms with E-state index in [2.05, 4.69) is 51.9 Å². The second-order valence-corrected chi connectivity index (χ2v) is 11.1. The van der Waals surface area contributed by atoms with Crippen LogP contribution in [0.15, 0.2) is 68.9 Å². The van der Waals surface area contributed by atoms with Crippen LogP contribution in [0.3, 0.4) is 0 Å². The zero-order valence-electron chi connectivity index (χ0n) is 15.9. The SMILES string of the molecule is N#CC(C#N)=Cc1ccsc1-c1sccc1-c1sccc1-c1sccc1-c1cccs1. The Balaban J connectivity index is 1.62. The molecule has 0 aliphatic heterocycles. The molecule has 0 aliphatic carbocycles. The monoisotopic (exact) mass is 488 g/mol. The predicted octanol–water partition coefficient (Wildman–Crippen LogP) is 9.09. The van der Waals surface area contributed by atoms with Crippen molar-refractivity contribution in [2.45, 2.75) is 0 Å². The van der Waals surface area contributed by atoms with E-state index in [1.807, 2.05) is 23.6 Å². The number of hydrogen-bond acceptors (Lipinski definition) is 7. The summed E-state index contributed by atoms with van der Waals surface area (Å²) < 4.78 is 0. The summed E-state index contributed by atoms with van der Waals surface area (Å²) in [4.78, 5) is 6.09. The number of hydrogen-bond donors (Lipinski definition) is 0. The summed E-state index contributed by atoms with van der Waals surface area (Å²) in [7, 11) is 0.